The van der Waals surface area contributed by atoms with Crippen molar-refractivity contribution < 1.29 is 37.5 Å². The third kappa shape index (κ3) is 12.3. The van der Waals surface area contributed by atoms with Crippen molar-refractivity contribution in [2.45, 2.75) is 76.4 Å². The molecule has 0 aliphatic carbocycles. The number of alkyl halides is 2. The van der Waals surface area contributed by atoms with Crippen LogP contribution >= 0.6 is 0 Å². The van der Waals surface area contributed by atoms with Gasteiger partial charge in [0.15, 0.2) is 11.7 Å². The number of anilines is 1. The second kappa shape index (κ2) is 19.5. The number of pyridine rings is 1. The van der Waals surface area contributed by atoms with Crippen molar-refractivity contribution in [3.05, 3.63) is 71.9 Å². The molecule has 1 saturated heterocycles. The lowest BCUT2D eigenvalue weighted by Gasteiger charge is -2.22. The maximum absolute atomic E-state index is 13.8. The van der Waals surface area contributed by atoms with Gasteiger partial charge >= 0.3 is 0 Å². The van der Waals surface area contributed by atoms with Crippen molar-refractivity contribution in [1.29, 1.82) is 0 Å². The lowest BCUT2D eigenvalue weighted by molar-refractivity contribution is -0.132. The van der Waals surface area contributed by atoms with Gasteiger partial charge in [-0.1, -0.05) is 42.5 Å². The number of amides is 5. The third-order valence-corrected chi connectivity index (χ3v) is 9.24. The molecule has 0 spiro atoms. The average molecular weight is 778 g/mol. The number of aromatic nitrogens is 1. The van der Waals surface area contributed by atoms with Crippen molar-refractivity contribution in [3.8, 4) is 0 Å². The molecule has 1 aliphatic rings. The number of benzene rings is 2. The number of aliphatic imine (C=N–C) groups is 1. The quantitative estimate of drug-likeness (QED) is 0.0774. The van der Waals surface area contributed by atoms with Gasteiger partial charge in [-0.2, -0.15) is 0 Å². The number of halogens is 2. The Labute approximate surface area is 323 Å². The minimum atomic E-state index is -2.98. The fraction of sp³-hybridized carbons (Fsp3) is 0.436. The monoisotopic (exact) mass is 777 g/mol. The number of likely N-dealkylation sites (tertiary alicyclic amines) is 1. The smallest absolute Gasteiger partial charge is 0.267 e. The molecular formula is C39H49F2N9O6. The Balaban J connectivity index is 1.37. The summed E-state index contributed by atoms with van der Waals surface area (Å²) in [4.78, 5) is 89.1. The molecule has 1 aliphatic heterocycles. The number of hydrogen-bond acceptors (Lipinski definition) is 8. The van der Waals surface area contributed by atoms with Crippen LogP contribution in [-0.2, 0) is 30.4 Å². The largest absolute Gasteiger partial charge is 0.370 e. The van der Waals surface area contributed by atoms with Crippen molar-refractivity contribution >= 4 is 57.9 Å². The molecule has 0 saturated carbocycles. The first-order chi connectivity index (χ1) is 26.5. The number of ketones is 1. The highest BCUT2D eigenvalue weighted by atomic mass is 19.3. The summed E-state index contributed by atoms with van der Waals surface area (Å²) in [7, 11) is 3.48. The van der Waals surface area contributed by atoms with Crippen LogP contribution < -0.4 is 27.0 Å². The number of guanidine groups is 1. The predicted molar refractivity (Wildman–Crippen MR) is 207 cm³/mol. The van der Waals surface area contributed by atoms with Crippen LogP contribution in [-0.4, -0.2) is 114 Å². The number of nitrogens with one attached hydrogen (secondary N) is 4. The van der Waals surface area contributed by atoms with E-state index in [1.54, 1.807) is 37.2 Å². The molecule has 3 aromatic rings. The number of carbonyl (C=O) groups is 6. The lowest BCUT2D eigenvalue weighted by Crippen LogP contribution is -2.52. The van der Waals surface area contributed by atoms with Gasteiger partial charge in [0.2, 0.25) is 23.6 Å². The van der Waals surface area contributed by atoms with Gasteiger partial charge in [-0.05, 0) is 50.8 Å². The van der Waals surface area contributed by atoms with Crippen molar-refractivity contribution in [3.63, 3.8) is 0 Å². The standard InChI is InChI=1S/C39H49F2N9O6/c1-24-21-39(40,41)23-50(24)34(54)22-45-36(55)28-17-19-43-35-27(28)12-8-13-29(35)46-32(52)15-16-33(53)47-30(14-9-18-44-38(42)49(3)4)37(56)48-31(25(2)51)20-26-10-6-5-7-11-26/h5-8,10-13,17,19,24,30-31H,9,14-16,18,20-23H2,1-4H3,(H2,42,44)(H,45,55)(H,46,52)(H,47,53)(H,48,56)/t24-,30+,31+/m1/s1. The van der Waals surface area contributed by atoms with Crippen LogP contribution in [0.1, 0.15) is 61.9 Å². The van der Waals surface area contributed by atoms with E-state index in [1.807, 2.05) is 30.3 Å². The molecule has 2 heterocycles. The molecule has 56 heavy (non-hydrogen) atoms. The third-order valence-electron chi connectivity index (χ3n) is 9.24. The molecule has 15 nitrogen and oxygen atoms in total. The average Bonchev–Trinajstić information content (AvgIpc) is 3.45. The van der Waals surface area contributed by atoms with Crippen LogP contribution in [0.2, 0.25) is 0 Å². The summed E-state index contributed by atoms with van der Waals surface area (Å²) in [6.07, 6.45) is 1.21. The molecule has 1 aromatic heterocycles. The first kappa shape index (κ1) is 42.7. The Kier molecular flexibility index (Phi) is 14.9. The van der Waals surface area contributed by atoms with Gasteiger partial charge in [-0.3, -0.25) is 38.7 Å². The van der Waals surface area contributed by atoms with E-state index in [0.717, 1.165) is 10.5 Å². The number of hydrogen-bond donors (Lipinski definition) is 5. The summed E-state index contributed by atoms with van der Waals surface area (Å²) in [6.45, 7) is 2.01. The van der Waals surface area contributed by atoms with E-state index in [2.05, 4.69) is 31.2 Å². The molecule has 17 heteroatoms. The number of nitrogens with zero attached hydrogens (tertiary/aromatic N) is 4. The number of nitrogens with two attached hydrogens (primary N) is 1. The van der Waals surface area contributed by atoms with E-state index in [-0.39, 0.29) is 54.8 Å². The van der Waals surface area contributed by atoms with Crippen molar-refractivity contribution in [2.24, 2.45) is 10.7 Å². The van der Waals surface area contributed by atoms with Crippen LogP contribution in [0.3, 0.4) is 0 Å². The fourth-order valence-electron chi connectivity index (χ4n) is 6.20. The normalized spacial score (nSPS) is 16.1. The fourth-order valence-corrected chi connectivity index (χ4v) is 6.20. The number of carbonyl (C=O) groups excluding carboxylic acids is 6. The molecule has 4 rings (SSSR count). The highest BCUT2D eigenvalue weighted by molar-refractivity contribution is 6.11. The van der Waals surface area contributed by atoms with Gasteiger partial charge in [0.05, 0.1) is 35.9 Å². The minimum absolute atomic E-state index is 0.147. The Hall–Kier alpha value is -6.00. The second-order valence-corrected chi connectivity index (χ2v) is 14.0. The van der Waals surface area contributed by atoms with Gasteiger partial charge in [0.1, 0.15) is 6.04 Å². The van der Waals surface area contributed by atoms with Gasteiger partial charge in [0.25, 0.3) is 11.8 Å². The zero-order valence-corrected chi connectivity index (χ0v) is 31.9. The van der Waals surface area contributed by atoms with Crippen LogP contribution in [0.4, 0.5) is 14.5 Å². The van der Waals surface area contributed by atoms with Gasteiger partial charge in [-0.15, -0.1) is 0 Å². The van der Waals surface area contributed by atoms with E-state index >= 15 is 0 Å². The second-order valence-electron chi connectivity index (χ2n) is 14.0. The van der Waals surface area contributed by atoms with E-state index in [0.29, 0.717) is 17.8 Å². The van der Waals surface area contributed by atoms with Crippen LogP contribution in [0.5, 0.6) is 0 Å². The van der Waals surface area contributed by atoms with Crippen molar-refractivity contribution in [2.75, 3.05) is 39.0 Å². The van der Waals surface area contributed by atoms with Gasteiger partial charge < -0.3 is 36.8 Å². The molecule has 300 valence electrons. The highest BCUT2D eigenvalue weighted by Crippen LogP contribution is 2.31. The summed E-state index contributed by atoms with van der Waals surface area (Å²) in [5, 5.41) is 11.0. The van der Waals surface area contributed by atoms with E-state index in [9.17, 15) is 37.5 Å². The Bertz CT molecular complexity index is 1940. The molecule has 1 fully saturated rings. The summed E-state index contributed by atoms with van der Waals surface area (Å²) >= 11 is 0. The van der Waals surface area contributed by atoms with Crippen LogP contribution in [0.25, 0.3) is 10.9 Å². The Morgan fingerprint density at radius 3 is 2.36 bits per heavy atom. The van der Waals surface area contributed by atoms with Gasteiger partial charge in [-0.25, -0.2) is 8.78 Å². The Morgan fingerprint density at radius 2 is 1.70 bits per heavy atom. The summed E-state index contributed by atoms with van der Waals surface area (Å²) < 4.78 is 27.6. The number of fused-ring (bicyclic) bond motifs is 1. The summed E-state index contributed by atoms with van der Waals surface area (Å²) in [6, 6.07) is 12.9. The van der Waals surface area contributed by atoms with E-state index in [1.165, 1.54) is 26.1 Å². The van der Waals surface area contributed by atoms with Crippen LogP contribution in [0.15, 0.2) is 65.8 Å². The molecule has 3 atom stereocenters. The zero-order valence-electron chi connectivity index (χ0n) is 31.9. The number of Topliss-reactive ketones (excluding diaryl/α,β-unsaturated/α-hetero) is 1. The molecular weight excluding hydrogens is 728 g/mol. The molecule has 0 unspecified atom stereocenters. The first-order valence-corrected chi connectivity index (χ1v) is 18.3. The Morgan fingerprint density at radius 1 is 0.982 bits per heavy atom. The van der Waals surface area contributed by atoms with Crippen molar-refractivity contribution in [1.82, 2.24) is 30.7 Å². The first-order valence-electron chi connectivity index (χ1n) is 18.3. The number of rotatable bonds is 17. The lowest BCUT2D eigenvalue weighted by atomic mass is 10.0. The maximum atomic E-state index is 13.8. The molecule has 0 radical (unpaired) electrons. The van der Waals surface area contributed by atoms with Crippen LogP contribution in [0, 0.1) is 0 Å². The summed E-state index contributed by atoms with van der Waals surface area (Å²) in [5.41, 5.74) is 7.39. The SMILES string of the molecule is CC(=O)[C@H](Cc1ccccc1)NC(=O)[C@H](CCCN=C(N)N(C)C)NC(=O)CCC(=O)Nc1cccc2c(C(=O)NCC(=O)N3CC(F)(F)C[C@H]3C)ccnc12. The molecule has 6 N–H and O–H groups in total. The van der Waals surface area contributed by atoms with E-state index < -0.39 is 73.1 Å². The summed E-state index contributed by atoms with van der Waals surface area (Å²) in [5.74, 6) is -5.86. The predicted octanol–water partition coefficient (Wildman–Crippen LogP) is 2.40. The molecule has 5 amide bonds. The minimum Gasteiger partial charge on any atom is -0.370 e. The number of para-hydroxylation sites is 1. The molecule has 2 aromatic carbocycles. The highest BCUT2D eigenvalue weighted by Gasteiger charge is 2.44. The van der Waals surface area contributed by atoms with Gasteiger partial charge in [0, 0.05) is 57.5 Å². The van der Waals surface area contributed by atoms with E-state index in [4.69, 9.17) is 5.73 Å². The maximum Gasteiger partial charge on any atom is 0.267 e. The molecule has 0 bridgehead atoms. The topological polar surface area (TPSA) is 208 Å². The zero-order chi connectivity index (χ0) is 41.0.